The lowest BCUT2D eigenvalue weighted by atomic mass is 10.1. The molecular weight excluding hydrogens is 332 g/mol. The smallest absolute Gasteiger partial charge is 0.319 e. The molecule has 2 aromatic rings. The summed E-state index contributed by atoms with van der Waals surface area (Å²) in [5.41, 5.74) is 2.14. The highest BCUT2D eigenvalue weighted by Gasteiger charge is 2.09. The molecule has 4 N–H and O–H groups in total. The normalized spacial score (nSPS) is 10.2. The van der Waals surface area contributed by atoms with Crippen molar-refractivity contribution in [2.75, 3.05) is 17.7 Å². The van der Waals surface area contributed by atoms with E-state index in [0.29, 0.717) is 22.5 Å². The van der Waals surface area contributed by atoms with Crippen LogP contribution in [-0.4, -0.2) is 30.9 Å². The van der Waals surface area contributed by atoms with E-state index in [2.05, 4.69) is 21.3 Å². The summed E-state index contributed by atoms with van der Waals surface area (Å²) in [4.78, 5) is 35.4. The highest BCUT2D eigenvalue weighted by Crippen LogP contribution is 2.14. The molecule has 0 heterocycles. The van der Waals surface area contributed by atoms with Crippen molar-refractivity contribution < 1.29 is 14.4 Å². The number of urea groups is 1. The fourth-order valence-electron chi connectivity index (χ4n) is 2.19. The summed E-state index contributed by atoms with van der Waals surface area (Å²) in [5, 5.41) is 10.7. The molecule has 7 nitrogen and oxygen atoms in total. The third kappa shape index (κ3) is 5.34. The Morgan fingerprint density at radius 3 is 1.65 bits per heavy atom. The van der Waals surface area contributed by atoms with Crippen LogP contribution in [0.3, 0.4) is 0 Å². The molecule has 0 saturated carbocycles. The van der Waals surface area contributed by atoms with Gasteiger partial charge in [-0.3, -0.25) is 9.59 Å². The number of amides is 4. The quantitative estimate of drug-likeness (QED) is 0.664. The third-order valence-electron chi connectivity index (χ3n) is 3.46. The van der Waals surface area contributed by atoms with Gasteiger partial charge in [0.05, 0.1) is 0 Å². The second kappa shape index (κ2) is 8.66. The second-order valence-corrected chi connectivity index (χ2v) is 5.94. The number of anilines is 2. The maximum Gasteiger partial charge on any atom is 0.319 e. The lowest BCUT2D eigenvalue weighted by molar-refractivity contribution is 0.0962. The minimum Gasteiger partial charge on any atom is -0.355 e. The molecule has 0 radical (unpaired) electrons. The second-order valence-electron chi connectivity index (χ2n) is 5.94. The number of hydrogen-bond acceptors (Lipinski definition) is 3. The Hall–Kier alpha value is -3.35. The lowest BCUT2D eigenvalue weighted by Gasteiger charge is -2.10. The molecule has 0 aromatic heterocycles. The Kier molecular flexibility index (Phi) is 6.32. The van der Waals surface area contributed by atoms with Crippen LogP contribution in [0.2, 0.25) is 0 Å². The maximum atomic E-state index is 12.3. The Bertz CT molecular complexity index is 783. The molecule has 0 atom stereocenters. The van der Waals surface area contributed by atoms with Crippen molar-refractivity contribution in [2.45, 2.75) is 19.9 Å². The topological polar surface area (TPSA) is 99.3 Å². The minimum absolute atomic E-state index is 0.0369. The van der Waals surface area contributed by atoms with E-state index < -0.39 is 0 Å². The molecule has 0 unspecified atom stereocenters. The number of carbonyl (C=O) groups excluding carboxylic acids is 3. The van der Waals surface area contributed by atoms with Crippen LogP contribution in [0.15, 0.2) is 48.5 Å². The molecule has 0 bridgehead atoms. The lowest BCUT2D eigenvalue weighted by Crippen LogP contribution is -2.34. The van der Waals surface area contributed by atoms with E-state index in [4.69, 9.17) is 0 Å². The summed E-state index contributed by atoms with van der Waals surface area (Å²) in [5.74, 6) is -0.469. The molecule has 4 amide bonds. The van der Waals surface area contributed by atoms with Crippen LogP contribution in [0.5, 0.6) is 0 Å². The summed E-state index contributed by atoms with van der Waals surface area (Å²) >= 11 is 0. The van der Waals surface area contributed by atoms with E-state index >= 15 is 0 Å². The van der Waals surface area contributed by atoms with Gasteiger partial charge in [0, 0.05) is 35.6 Å². The Labute approximate surface area is 152 Å². The number of nitrogens with one attached hydrogen (secondary N) is 4. The largest absolute Gasteiger partial charge is 0.355 e. The predicted octanol–water partition coefficient (Wildman–Crippen LogP) is 2.83. The van der Waals surface area contributed by atoms with Gasteiger partial charge >= 0.3 is 6.03 Å². The van der Waals surface area contributed by atoms with Crippen LogP contribution in [-0.2, 0) is 0 Å². The monoisotopic (exact) mass is 354 g/mol. The van der Waals surface area contributed by atoms with Gasteiger partial charge < -0.3 is 21.3 Å². The van der Waals surface area contributed by atoms with Crippen molar-refractivity contribution in [3.63, 3.8) is 0 Å². The number of hydrogen-bond donors (Lipinski definition) is 4. The Morgan fingerprint density at radius 2 is 1.19 bits per heavy atom. The van der Waals surface area contributed by atoms with Gasteiger partial charge in [0.25, 0.3) is 11.8 Å². The summed E-state index contributed by atoms with van der Waals surface area (Å²) in [6.45, 7) is 3.74. The van der Waals surface area contributed by atoms with Crippen molar-refractivity contribution in [3.05, 3.63) is 59.7 Å². The average Bonchev–Trinajstić information content (AvgIpc) is 2.61. The predicted molar refractivity (Wildman–Crippen MR) is 102 cm³/mol. The van der Waals surface area contributed by atoms with Crippen LogP contribution < -0.4 is 21.3 Å². The molecule has 0 saturated heterocycles. The van der Waals surface area contributed by atoms with Crippen molar-refractivity contribution in [1.29, 1.82) is 0 Å². The molecule has 136 valence electrons. The molecule has 0 spiro atoms. The van der Waals surface area contributed by atoms with Crippen LogP contribution in [0, 0.1) is 0 Å². The molecule has 0 fully saturated rings. The highest BCUT2D eigenvalue weighted by molar-refractivity contribution is 6.05. The molecular formula is C19H22N4O3. The average molecular weight is 354 g/mol. The number of rotatable bonds is 5. The SMILES string of the molecule is CNC(=O)c1ccc(NC(=O)c2ccc(NC(=O)NC(C)C)cc2)cc1. The van der Waals surface area contributed by atoms with E-state index in [1.165, 1.54) is 0 Å². The maximum absolute atomic E-state index is 12.3. The number of benzene rings is 2. The van der Waals surface area contributed by atoms with E-state index in [-0.39, 0.29) is 23.9 Å². The molecule has 26 heavy (non-hydrogen) atoms. The van der Waals surface area contributed by atoms with E-state index in [1.807, 2.05) is 13.8 Å². The molecule has 0 aliphatic rings. The minimum atomic E-state index is -0.298. The first-order valence-corrected chi connectivity index (χ1v) is 8.20. The molecule has 0 aliphatic carbocycles. The molecule has 7 heteroatoms. The molecule has 0 aliphatic heterocycles. The standard InChI is InChI=1S/C19H22N4O3/c1-12(2)21-19(26)23-16-10-6-14(7-11-16)18(25)22-15-8-4-13(5-9-15)17(24)20-3/h4-12H,1-3H3,(H,20,24)(H,22,25)(H2,21,23,26). The molecule has 2 aromatic carbocycles. The van der Waals surface area contributed by atoms with E-state index in [0.717, 1.165) is 0 Å². The van der Waals surface area contributed by atoms with Gasteiger partial charge in [0.1, 0.15) is 0 Å². The fourth-order valence-corrected chi connectivity index (χ4v) is 2.19. The Morgan fingerprint density at radius 1 is 0.731 bits per heavy atom. The molecule has 2 rings (SSSR count). The summed E-state index contributed by atoms with van der Waals surface area (Å²) < 4.78 is 0. The van der Waals surface area contributed by atoms with Gasteiger partial charge in [0.2, 0.25) is 0 Å². The van der Waals surface area contributed by atoms with Gasteiger partial charge in [-0.25, -0.2) is 4.79 Å². The van der Waals surface area contributed by atoms with Gasteiger partial charge in [-0.05, 0) is 62.4 Å². The summed E-state index contributed by atoms with van der Waals surface area (Å²) in [7, 11) is 1.56. The van der Waals surface area contributed by atoms with Crippen molar-refractivity contribution in [2.24, 2.45) is 0 Å². The highest BCUT2D eigenvalue weighted by atomic mass is 16.2. The third-order valence-corrected chi connectivity index (χ3v) is 3.46. The van der Waals surface area contributed by atoms with Crippen LogP contribution in [0.25, 0.3) is 0 Å². The van der Waals surface area contributed by atoms with Crippen molar-refractivity contribution >= 4 is 29.2 Å². The Balaban J connectivity index is 1.97. The van der Waals surface area contributed by atoms with Gasteiger partial charge in [-0.15, -0.1) is 0 Å². The summed E-state index contributed by atoms with van der Waals surface area (Å²) in [6, 6.07) is 12.9. The van der Waals surface area contributed by atoms with E-state index in [9.17, 15) is 14.4 Å². The van der Waals surface area contributed by atoms with Gasteiger partial charge in [-0.1, -0.05) is 0 Å². The summed E-state index contributed by atoms with van der Waals surface area (Å²) in [6.07, 6.45) is 0. The zero-order valence-corrected chi connectivity index (χ0v) is 14.9. The zero-order valence-electron chi connectivity index (χ0n) is 14.9. The van der Waals surface area contributed by atoms with Crippen LogP contribution >= 0.6 is 0 Å². The zero-order chi connectivity index (χ0) is 19.1. The first-order valence-electron chi connectivity index (χ1n) is 8.20. The van der Waals surface area contributed by atoms with E-state index in [1.54, 1.807) is 55.6 Å². The first kappa shape index (κ1) is 19.0. The van der Waals surface area contributed by atoms with Crippen LogP contribution in [0.4, 0.5) is 16.2 Å². The number of carbonyl (C=O) groups is 3. The fraction of sp³-hybridized carbons (Fsp3) is 0.211. The first-order chi connectivity index (χ1) is 12.4. The van der Waals surface area contributed by atoms with Crippen molar-refractivity contribution in [3.8, 4) is 0 Å². The van der Waals surface area contributed by atoms with Gasteiger partial charge in [0.15, 0.2) is 0 Å². The van der Waals surface area contributed by atoms with Crippen molar-refractivity contribution in [1.82, 2.24) is 10.6 Å². The van der Waals surface area contributed by atoms with Gasteiger partial charge in [-0.2, -0.15) is 0 Å². The van der Waals surface area contributed by atoms with Crippen LogP contribution in [0.1, 0.15) is 34.6 Å².